The Morgan fingerprint density at radius 1 is 1.35 bits per heavy atom. The van der Waals surface area contributed by atoms with E-state index in [2.05, 4.69) is 15.6 Å². The molecule has 136 valence electrons. The van der Waals surface area contributed by atoms with Gasteiger partial charge in [-0.15, -0.1) is 0 Å². The van der Waals surface area contributed by atoms with E-state index in [1.54, 1.807) is 42.1 Å². The van der Waals surface area contributed by atoms with Crippen molar-refractivity contribution < 1.29 is 14.1 Å². The highest BCUT2D eigenvalue weighted by molar-refractivity contribution is 6.30. The van der Waals surface area contributed by atoms with Crippen molar-refractivity contribution in [2.45, 2.75) is 33.5 Å². The van der Waals surface area contributed by atoms with Gasteiger partial charge in [-0.1, -0.05) is 16.8 Å². The SMILES string of the molecule is CCn1cc(CNC(=O)c2noc(C)c2COc2ccc(Cl)cc2)cn1. The second-order valence-electron chi connectivity index (χ2n) is 5.70. The molecule has 0 radical (unpaired) electrons. The highest BCUT2D eigenvalue weighted by Gasteiger charge is 2.20. The lowest BCUT2D eigenvalue weighted by atomic mass is 10.2. The van der Waals surface area contributed by atoms with Crippen LogP contribution in [0.2, 0.25) is 5.02 Å². The van der Waals surface area contributed by atoms with Gasteiger partial charge in [-0.2, -0.15) is 5.10 Å². The van der Waals surface area contributed by atoms with Crippen LogP contribution in [-0.4, -0.2) is 20.8 Å². The van der Waals surface area contributed by atoms with Crippen molar-refractivity contribution in [1.29, 1.82) is 0 Å². The molecule has 3 aromatic rings. The number of hydrogen-bond donors (Lipinski definition) is 1. The van der Waals surface area contributed by atoms with Crippen molar-refractivity contribution in [1.82, 2.24) is 20.3 Å². The lowest BCUT2D eigenvalue weighted by molar-refractivity contribution is 0.0939. The molecule has 0 spiro atoms. The number of amides is 1. The van der Waals surface area contributed by atoms with Crippen LogP contribution in [0.5, 0.6) is 5.75 Å². The highest BCUT2D eigenvalue weighted by Crippen LogP contribution is 2.20. The van der Waals surface area contributed by atoms with E-state index in [-0.39, 0.29) is 18.2 Å². The first-order chi connectivity index (χ1) is 12.6. The van der Waals surface area contributed by atoms with Gasteiger partial charge >= 0.3 is 0 Å². The van der Waals surface area contributed by atoms with Gasteiger partial charge < -0.3 is 14.6 Å². The normalized spacial score (nSPS) is 10.7. The molecule has 0 atom stereocenters. The Morgan fingerprint density at radius 2 is 2.12 bits per heavy atom. The van der Waals surface area contributed by atoms with Gasteiger partial charge in [0.2, 0.25) is 0 Å². The van der Waals surface area contributed by atoms with Crippen molar-refractivity contribution in [3.05, 3.63) is 64.3 Å². The molecule has 0 bridgehead atoms. The van der Waals surface area contributed by atoms with Crippen LogP contribution in [-0.2, 0) is 19.7 Å². The fourth-order valence-electron chi connectivity index (χ4n) is 2.36. The zero-order valence-corrected chi connectivity index (χ0v) is 15.3. The second kappa shape index (κ2) is 8.05. The third kappa shape index (κ3) is 4.23. The lowest BCUT2D eigenvalue weighted by Gasteiger charge is -2.07. The summed E-state index contributed by atoms with van der Waals surface area (Å²) in [4.78, 5) is 12.5. The van der Waals surface area contributed by atoms with Crippen LogP contribution in [0.25, 0.3) is 0 Å². The minimum Gasteiger partial charge on any atom is -0.489 e. The summed E-state index contributed by atoms with van der Waals surface area (Å²) in [5.74, 6) is 0.872. The van der Waals surface area contributed by atoms with Gasteiger partial charge in [-0.25, -0.2) is 0 Å². The average molecular weight is 375 g/mol. The van der Waals surface area contributed by atoms with Gasteiger partial charge in [0, 0.05) is 29.9 Å². The number of carbonyl (C=O) groups excluding carboxylic acids is 1. The number of carbonyl (C=O) groups is 1. The Bertz CT molecular complexity index is 886. The minimum atomic E-state index is -0.319. The molecule has 0 saturated carbocycles. The Hall–Kier alpha value is -2.80. The summed E-state index contributed by atoms with van der Waals surface area (Å²) < 4.78 is 12.7. The third-order valence-corrected chi connectivity index (χ3v) is 4.11. The Kier molecular flexibility index (Phi) is 5.58. The highest BCUT2D eigenvalue weighted by atomic mass is 35.5. The zero-order valence-electron chi connectivity index (χ0n) is 14.5. The molecule has 0 fully saturated rings. The van der Waals surface area contributed by atoms with E-state index < -0.39 is 0 Å². The number of nitrogens with zero attached hydrogens (tertiary/aromatic N) is 3. The number of rotatable bonds is 7. The zero-order chi connectivity index (χ0) is 18.5. The first-order valence-electron chi connectivity index (χ1n) is 8.20. The maximum atomic E-state index is 12.5. The fourth-order valence-corrected chi connectivity index (χ4v) is 2.49. The number of aromatic nitrogens is 3. The van der Waals surface area contributed by atoms with Crippen molar-refractivity contribution >= 4 is 17.5 Å². The van der Waals surface area contributed by atoms with Gasteiger partial charge in [0.15, 0.2) is 5.69 Å². The van der Waals surface area contributed by atoms with Crippen molar-refractivity contribution in [3.8, 4) is 5.75 Å². The molecular weight excluding hydrogens is 356 g/mol. The quantitative estimate of drug-likeness (QED) is 0.685. The summed E-state index contributed by atoms with van der Waals surface area (Å²) in [5, 5.41) is 11.5. The number of hydrogen-bond acceptors (Lipinski definition) is 5. The number of aryl methyl sites for hydroxylation is 2. The van der Waals surface area contributed by atoms with Gasteiger partial charge in [-0.3, -0.25) is 9.48 Å². The molecule has 0 unspecified atom stereocenters. The molecule has 8 heteroatoms. The Morgan fingerprint density at radius 3 is 2.81 bits per heavy atom. The van der Waals surface area contributed by atoms with Crippen molar-refractivity contribution in [2.24, 2.45) is 0 Å². The van der Waals surface area contributed by atoms with Crippen LogP contribution in [0.4, 0.5) is 0 Å². The first-order valence-corrected chi connectivity index (χ1v) is 8.57. The van der Waals surface area contributed by atoms with E-state index in [1.807, 2.05) is 13.1 Å². The lowest BCUT2D eigenvalue weighted by Crippen LogP contribution is -2.24. The molecule has 7 nitrogen and oxygen atoms in total. The summed E-state index contributed by atoms with van der Waals surface area (Å²) in [5.41, 5.74) is 1.75. The molecule has 2 aromatic heterocycles. The smallest absolute Gasteiger partial charge is 0.274 e. The van der Waals surface area contributed by atoms with Crippen LogP contribution >= 0.6 is 11.6 Å². The van der Waals surface area contributed by atoms with E-state index in [4.69, 9.17) is 20.9 Å². The van der Waals surface area contributed by atoms with E-state index in [0.717, 1.165) is 12.1 Å². The maximum Gasteiger partial charge on any atom is 0.274 e. The summed E-state index contributed by atoms with van der Waals surface area (Å²) in [6, 6.07) is 7.00. The summed E-state index contributed by atoms with van der Waals surface area (Å²) in [7, 11) is 0. The van der Waals surface area contributed by atoms with Gasteiger partial charge in [-0.05, 0) is 38.1 Å². The number of benzene rings is 1. The maximum absolute atomic E-state index is 12.5. The predicted octanol–water partition coefficient (Wildman–Crippen LogP) is 3.36. The average Bonchev–Trinajstić information content (AvgIpc) is 3.26. The predicted molar refractivity (Wildman–Crippen MR) is 96.1 cm³/mol. The molecule has 26 heavy (non-hydrogen) atoms. The molecule has 1 aromatic carbocycles. The summed E-state index contributed by atoms with van der Waals surface area (Å²) >= 11 is 5.86. The number of halogens is 1. The van der Waals surface area contributed by atoms with Crippen LogP contribution in [0, 0.1) is 6.92 Å². The van der Waals surface area contributed by atoms with Crippen LogP contribution in [0.1, 0.15) is 34.3 Å². The molecule has 2 heterocycles. The van der Waals surface area contributed by atoms with E-state index in [0.29, 0.717) is 28.6 Å². The molecule has 0 saturated heterocycles. The van der Waals surface area contributed by atoms with Gasteiger partial charge in [0.25, 0.3) is 5.91 Å². The third-order valence-electron chi connectivity index (χ3n) is 3.86. The molecule has 0 aliphatic carbocycles. The molecule has 1 amide bonds. The first kappa shape index (κ1) is 18.0. The monoisotopic (exact) mass is 374 g/mol. The Balaban J connectivity index is 1.64. The summed E-state index contributed by atoms with van der Waals surface area (Å²) in [6.45, 7) is 5.06. The largest absolute Gasteiger partial charge is 0.489 e. The van der Waals surface area contributed by atoms with Crippen LogP contribution in [0.3, 0.4) is 0 Å². The molecular formula is C18H19ClN4O3. The van der Waals surface area contributed by atoms with E-state index in [9.17, 15) is 4.79 Å². The van der Waals surface area contributed by atoms with Crippen molar-refractivity contribution in [2.75, 3.05) is 0 Å². The van der Waals surface area contributed by atoms with Crippen LogP contribution < -0.4 is 10.1 Å². The van der Waals surface area contributed by atoms with Gasteiger partial charge in [0.1, 0.15) is 18.1 Å². The molecule has 3 rings (SSSR count). The standard InChI is InChI=1S/C18H19ClN4O3/c1-3-23-10-13(9-21-23)8-20-18(24)17-16(12(2)26-22-17)11-25-15-6-4-14(19)5-7-15/h4-7,9-10H,3,8,11H2,1-2H3,(H,20,24). The molecule has 0 aliphatic heterocycles. The Labute approximate surface area is 155 Å². The van der Waals surface area contributed by atoms with Crippen LogP contribution in [0.15, 0.2) is 41.2 Å². The fraction of sp³-hybridized carbons (Fsp3) is 0.278. The minimum absolute atomic E-state index is 0.174. The number of ether oxygens (including phenoxy) is 1. The molecule has 1 N–H and O–H groups in total. The van der Waals surface area contributed by atoms with E-state index >= 15 is 0 Å². The van der Waals surface area contributed by atoms with Gasteiger partial charge in [0.05, 0.1) is 11.8 Å². The van der Waals surface area contributed by atoms with E-state index in [1.165, 1.54) is 0 Å². The molecule has 0 aliphatic rings. The summed E-state index contributed by atoms with van der Waals surface area (Å²) in [6.07, 6.45) is 3.61. The number of nitrogens with one attached hydrogen (secondary N) is 1. The second-order valence-corrected chi connectivity index (χ2v) is 6.13. The van der Waals surface area contributed by atoms with Crippen molar-refractivity contribution in [3.63, 3.8) is 0 Å². The topological polar surface area (TPSA) is 82.2 Å².